The number of nitrogens with two attached hydrogens (primary N) is 1. The Labute approximate surface area is 92.2 Å². The number of hydrogen-bond acceptors (Lipinski definition) is 3. The summed E-state index contributed by atoms with van der Waals surface area (Å²) in [6.45, 7) is 4.75. The summed E-state index contributed by atoms with van der Waals surface area (Å²) in [4.78, 5) is 13.9. The number of carbonyl (C=O) groups excluding carboxylic acids is 1. The molecule has 88 valence electrons. The molecule has 0 aromatic carbocycles. The van der Waals surface area contributed by atoms with E-state index in [2.05, 4.69) is 17.3 Å². The topological polar surface area (TPSA) is 58.4 Å². The van der Waals surface area contributed by atoms with Gasteiger partial charge in [0.15, 0.2) is 0 Å². The van der Waals surface area contributed by atoms with Crippen LogP contribution in [0.1, 0.15) is 26.2 Å². The van der Waals surface area contributed by atoms with Gasteiger partial charge in [0.05, 0.1) is 0 Å². The Hall–Kier alpha value is -0.610. The first-order valence-electron chi connectivity index (χ1n) is 5.79. The van der Waals surface area contributed by atoms with E-state index in [1.807, 2.05) is 6.92 Å². The maximum absolute atomic E-state index is 11.6. The molecule has 1 rings (SSSR count). The number of carbonyl (C=O) groups is 1. The highest BCUT2D eigenvalue weighted by molar-refractivity contribution is 5.76. The predicted molar refractivity (Wildman–Crippen MR) is 61.5 cm³/mol. The van der Waals surface area contributed by atoms with Crippen LogP contribution in [0.4, 0.5) is 0 Å². The quantitative estimate of drug-likeness (QED) is 0.700. The summed E-state index contributed by atoms with van der Waals surface area (Å²) >= 11 is 0. The highest BCUT2D eigenvalue weighted by atomic mass is 16.1. The lowest BCUT2D eigenvalue weighted by molar-refractivity contribution is -0.122. The molecular formula is C11H23N3O. The van der Waals surface area contributed by atoms with Crippen molar-refractivity contribution in [2.24, 2.45) is 11.7 Å². The molecule has 1 aliphatic heterocycles. The number of piperidine rings is 1. The van der Waals surface area contributed by atoms with E-state index < -0.39 is 0 Å². The van der Waals surface area contributed by atoms with E-state index >= 15 is 0 Å². The van der Waals surface area contributed by atoms with Crippen LogP contribution in [0, 0.1) is 5.92 Å². The number of amides is 1. The molecule has 0 aromatic rings. The third-order valence-electron chi connectivity index (χ3n) is 3.02. The summed E-state index contributed by atoms with van der Waals surface area (Å²) in [5, 5.41) is 3.08. The molecule has 0 saturated carbocycles. The van der Waals surface area contributed by atoms with Gasteiger partial charge in [0.1, 0.15) is 0 Å². The van der Waals surface area contributed by atoms with Crippen molar-refractivity contribution in [1.82, 2.24) is 10.2 Å². The average Bonchev–Trinajstić information content (AvgIpc) is 2.21. The molecule has 0 aromatic heterocycles. The van der Waals surface area contributed by atoms with Gasteiger partial charge in [-0.1, -0.05) is 6.92 Å². The molecule has 1 amide bonds. The van der Waals surface area contributed by atoms with Crippen molar-refractivity contribution in [3.8, 4) is 0 Å². The maximum atomic E-state index is 11.6. The van der Waals surface area contributed by atoms with Gasteiger partial charge >= 0.3 is 0 Å². The predicted octanol–water partition coefficient (Wildman–Crippen LogP) is 0.182. The van der Waals surface area contributed by atoms with Crippen LogP contribution < -0.4 is 11.1 Å². The van der Waals surface area contributed by atoms with Crippen molar-refractivity contribution in [2.45, 2.75) is 32.2 Å². The molecular weight excluding hydrogens is 190 g/mol. The zero-order chi connectivity index (χ0) is 11.3. The molecule has 1 unspecified atom stereocenters. The second-order valence-electron chi connectivity index (χ2n) is 4.69. The van der Waals surface area contributed by atoms with Crippen molar-refractivity contribution in [3.05, 3.63) is 0 Å². The second kappa shape index (κ2) is 6.08. The molecule has 1 atom stereocenters. The summed E-state index contributed by atoms with van der Waals surface area (Å²) in [5.74, 6) is 0.443. The lowest BCUT2D eigenvalue weighted by Crippen LogP contribution is -2.43. The third-order valence-corrected chi connectivity index (χ3v) is 3.02. The highest BCUT2D eigenvalue weighted by Crippen LogP contribution is 2.09. The number of likely N-dealkylation sites (tertiary alicyclic amines) is 1. The average molecular weight is 213 g/mol. The molecule has 1 fully saturated rings. The van der Waals surface area contributed by atoms with Crippen LogP contribution in [-0.4, -0.2) is 43.5 Å². The van der Waals surface area contributed by atoms with Crippen LogP contribution in [0.3, 0.4) is 0 Å². The van der Waals surface area contributed by atoms with Gasteiger partial charge in [-0.15, -0.1) is 0 Å². The van der Waals surface area contributed by atoms with E-state index in [1.54, 1.807) is 0 Å². The number of rotatable bonds is 4. The Morgan fingerprint density at radius 3 is 2.67 bits per heavy atom. The first-order valence-corrected chi connectivity index (χ1v) is 5.79. The van der Waals surface area contributed by atoms with Gasteiger partial charge in [-0.05, 0) is 45.4 Å². The van der Waals surface area contributed by atoms with Crippen LogP contribution in [0.15, 0.2) is 0 Å². The summed E-state index contributed by atoms with van der Waals surface area (Å²) in [7, 11) is 2.12. The SMILES string of the molecule is CC(CN)CC(=O)NC1CCN(C)CC1. The highest BCUT2D eigenvalue weighted by Gasteiger charge is 2.18. The second-order valence-corrected chi connectivity index (χ2v) is 4.69. The summed E-state index contributed by atoms with van der Waals surface area (Å²) in [6.07, 6.45) is 2.70. The van der Waals surface area contributed by atoms with Crippen molar-refractivity contribution < 1.29 is 4.79 Å². The fourth-order valence-corrected chi connectivity index (χ4v) is 1.84. The lowest BCUT2D eigenvalue weighted by atomic mass is 10.0. The Kier molecular flexibility index (Phi) is 5.05. The smallest absolute Gasteiger partial charge is 0.220 e. The van der Waals surface area contributed by atoms with Crippen molar-refractivity contribution in [2.75, 3.05) is 26.7 Å². The zero-order valence-electron chi connectivity index (χ0n) is 9.83. The molecule has 4 nitrogen and oxygen atoms in total. The minimum Gasteiger partial charge on any atom is -0.353 e. The van der Waals surface area contributed by atoms with E-state index in [0.717, 1.165) is 25.9 Å². The molecule has 0 radical (unpaired) electrons. The van der Waals surface area contributed by atoms with Gasteiger partial charge in [-0.2, -0.15) is 0 Å². The van der Waals surface area contributed by atoms with Crippen LogP contribution in [-0.2, 0) is 4.79 Å². The van der Waals surface area contributed by atoms with Gasteiger partial charge in [0.25, 0.3) is 0 Å². The summed E-state index contributed by atoms with van der Waals surface area (Å²) < 4.78 is 0. The van der Waals surface area contributed by atoms with Crippen molar-refractivity contribution in [1.29, 1.82) is 0 Å². The Morgan fingerprint density at radius 2 is 2.13 bits per heavy atom. The molecule has 0 bridgehead atoms. The van der Waals surface area contributed by atoms with E-state index in [-0.39, 0.29) is 11.8 Å². The van der Waals surface area contributed by atoms with Gasteiger partial charge < -0.3 is 16.0 Å². The number of hydrogen-bond donors (Lipinski definition) is 2. The molecule has 1 heterocycles. The van der Waals surface area contributed by atoms with Crippen molar-refractivity contribution >= 4 is 5.91 Å². The minimum absolute atomic E-state index is 0.155. The fraction of sp³-hybridized carbons (Fsp3) is 0.909. The largest absolute Gasteiger partial charge is 0.353 e. The van der Waals surface area contributed by atoms with Crippen molar-refractivity contribution in [3.63, 3.8) is 0 Å². The molecule has 1 aliphatic rings. The first-order chi connectivity index (χ1) is 7.11. The fourth-order valence-electron chi connectivity index (χ4n) is 1.84. The van der Waals surface area contributed by atoms with Gasteiger partial charge in [-0.25, -0.2) is 0 Å². The number of nitrogens with one attached hydrogen (secondary N) is 1. The van der Waals surface area contributed by atoms with Gasteiger partial charge in [0, 0.05) is 12.5 Å². The number of nitrogens with zero attached hydrogens (tertiary/aromatic N) is 1. The zero-order valence-corrected chi connectivity index (χ0v) is 9.83. The third kappa shape index (κ3) is 4.62. The normalized spacial score (nSPS) is 21.3. The Bertz CT molecular complexity index is 200. The molecule has 15 heavy (non-hydrogen) atoms. The first kappa shape index (κ1) is 12.5. The van der Waals surface area contributed by atoms with Crippen LogP contribution in [0.25, 0.3) is 0 Å². The molecule has 0 spiro atoms. The maximum Gasteiger partial charge on any atom is 0.220 e. The van der Waals surface area contributed by atoms with E-state index in [4.69, 9.17) is 5.73 Å². The van der Waals surface area contributed by atoms with Gasteiger partial charge in [0.2, 0.25) is 5.91 Å². The summed E-state index contributed by atoms with van der Waals surface area (Å²) in [6, 6.07) is 0.374. The van der Waals surface area contributed by atoms with E-state index in [1.165, 1.54) is 0 Å². The Balaban J connectivity index is 2.20. The molecule has 4 heteroatoms. The Morgan fingerprint density at radius 1 is 1.53 bits per heavy atom. The molecule has 0 aliphatic carbocycles. The minimum atomic E-state index is 0.155. The molecule has 3 N–H and O–H groups in total. The monoisotopic (exact) mass is 213 g/mol. The van der Waals surface area contributed by atoms with Gasteiger partial charge in [-0.3, -0.25) is 4.79 Å². The lowest BCUT2D eigenvalue weighted by Gasteiger charge is -2.29. The van der Waals surface area contributed by atoms with Crippen LogP contribution in [0.2, 0.25) is 0 Å². The van der Waals surface area contributed by atoms with Crippen LogP contribution >= 0.6 is 0 Å². The summed E-state index contributed by atoms with van der Waals surface area (Å²) in [5.41, 5.74) is 5.49. The van der Waals surface area contributed by atoms with E-state index in [0.29, 0.717) is 19.0 Å². The van der Waals surface area contributed by atoms with Crippen LogP contribution in [0.5, 0.6) is 0 Å². The standard InChI is InChI=1S/C11H23N3O/c1-9(8-12)7-11(15)13-10-3-5-14(2)6-4-10/h9-10H,3-8,12H2,1-2H3,(H,13,15). The molecule has 1 saturated heterocycles. The van der Waals surface area contributed by atoms with E-state index in [9.17, 15) is 4.79 Å².